The van der Waals surface area contributed by atoms with E-state index in [4.69, 9.17) is 4.74 Å². The molecule has 0 unspecified atom stereocenters. The molecule has 0 bridgehead atoms. The van der Waals surface area contributed by atoms with E-state index in [1.54, 1.807) is 0 Å². The Balaban J connectivity index is 1.49. The zero-order valence-electron chi connectivity index (χ0n) is 15.5. The van der Waals surface area contributed by atoms with Crippen LogP contribution in [0.2, 0.25) is 0 Å². The molecule has 1 aliphatic carbocycles. The zero-order chi connectivity index (χ0) is 16.9. The average molecular weight is 338 g/mol. The molecule has 5 heteroatoms. The lowest BCUT2D eigenvalue weighted by Crippen LogP contribution is -2.54. The van der Waals surface area contributed by atoms with Crippen LogP contribution in [-0.4, -0.2) is 67.3 Å². The van der Waals surface area contributed by atoms with Gasteiger partial charge in [-0.2, -0.15) is 0 Å². The van der Waals surface area contributed by atoms with E-state index in [1.807, 2.05) is 0 Å². The van der Waals surface area contributed by atoms with Crippen LogP contribution in [0.15, 0.2) is 0 Å². The Hall–Kier alpha value is -0.810. The third kappa shape index (κ3) is 4.63. The number of hydrogen-bond acceptors (Lipinski definition) is 3. The van der Waals surface area contributed by atoms with Gasteiger partial charge in [-0.3, -0.25) is 0 Å². The molecule has 5 nitrogen and oxygen atoms in total. The summed E-state index contributed by atoms with van der Waals surface area (Å²) in [4.78, 5) is 17.2. The number of carbonyl (C=O) groups is 1. The maximum absolute atomic E-state index is 12.8. The molecule has 0 spiro atoms. The minimum absolute atomic E-state index is 0.0659. The Morgan fingerprint density at radius 3 is 2.71 bits per heavy atom. The molecule has 3 fully saturated rings. The second-order valence-electron chi connectivity index (χ2n) is 8.14. The Morgan fingerprint density at radius 2 is 1.96 bits per heavy atom. The second kappa shape index (κ2) is 8.52. The van der Waals surface area contributed by atoms with E-state index in [1.165, 1.54) is 44.9 Å². The molecule has 0 aromatic heterocycles. The van der Waals surface area contributed by atoms with Gasteiger partial charge < -0.3 is 19.9 Å². The first kappa shape index (κ1) is 18.0. The topological polar surface area (TPSA) is 44.8 Å². The highest BCUT2D eigenvalue weighted by Crippen LogP contribution is 2.32. The van der Waals surface area contributed by atoms with Crippen molar-refractivity contribution in [3.63, 3.8) is 0 Å². The van der Waals surface area contributed by atoms with Crippen molar-refractivity contribution in [3.8, 4) is 0 Å². The number of morpholine rings is 1. The number of likely N-dealkylation sites (tertiary alicyclic amines) is 1. The SMILES string of the molecule is C[C@H](NC(=O)N1CCC[C@H]1CC1CCCCC1)[C@@H]1CN(C)CCO1. The maximum Gasteiger partial charge on any atom is 0.317 e. The van der Waals surface area contributed by atoms with Crippen LogP contribution in [0.4, 0.5) is 4.79 Å². The summed E-state index contributed by atoms with van der Waals surface area (Å²) >= 11 is 0. The molecule has 0 radical (unpaired) electrons. The van der Waals surface area contributed by atoms with Gasteiger partial charge in [0.05, 0.1) is 18.8 Å². The number of hydrogen-bond donors (Lipinski definition) is 1. The van der Waals surface area contributed by atoms with E-state index in [-0.39, 0.29) is 18.2 Å². The Labute approximate surface area is 147 Å². The van der Waals surface area contributed by atoms with Crippen LogP contribution in [0.25, 0.3) is 0 Å². The van der Waals surface area contributed by atoms with Crippen molar-refractivity contribution < 1.29 is 9.53 Å². The molecule has 0 aromatic rings. The Morgan fingerprint density at radius 1 is 1.17 bits per heavy atom. The molecule has 3 atom stereocenters. The smallest absolute Gasteiger partial charge is 0.317 e. The van der Waals surface area contributed by atoms with Gasteiger partial charge in [0.2, 0.25) is 0 Å². The number of nitrogens with one attached hydrogen (secondary N) is 1. The first-order valence-corrected chi connectivity index (χ1v) is 10.0. The van der Waals surface area contributed by atoms with Crippen molar-refractivity contribution in [1.82, 2.24) is 15.1 Å². The zero-order valence-corrected chi connectivity index (χ0v) is 15.5. The van der Waals surface area contributed by atoms with Gasteiger partial charge in [-0.05, 0) is 39.2 Å². The predicted molar refractivity (Wildman–Crippen MR) is 96.2 cm³/mol. The van der Waals surface area contributed by atoms with Crippen LogP contribution in [-0.2, 0) is 4.74 Å². The molecule has 0 aromatic carbocycles. The highest BCUT2D eigenvalue weighted by molar-refractivity contribution is 5.75. The normalized spacial score (nSPS) is 31.2. The lowest BCUT2D eigenvalue weighted by Gasteiger charge is -2.35. The fraction of sp³-hybridized carbons (Fsp3) is 0.947. The van der Waals surface area contributed by atoms with Crippen LogP contribution < -0.4 is 5.32 Å². The number of ether oxygens (including phenoxy) is 1. The monoisotopic (exact) mass is 337 g/mol. The summed E-state index contributed by atoms with van der Waals surface area (Å²) in [6, 6.07) is 0.643. The highest BCUT2D eigenvalue weighted by atomic mass is 16.5. The summed E-state index contributed by atoms with van der Waals surface area (Å²) in [5.74, 6) is 0.838. The van der Waals surface area contributed by atoms with E-state index < -0.39 is 0 Å². The quantitative estimate of drug-likeness (QED) is 0.858. The van der Waals surface area contributed by atoms with Crippen LogP contribution in [0.3, 0.4) is 0 Å². The lowest BCUT2D eigenvalue weighted by atomic mass is 9.84. The highest BCUT2D eigenvalue weighted by Gasteiger charge is 2.33. The first-order valence-electron chi connectivity index (χ1n) is 10.0. The van der Waals surface area contributed by atoms with E-state index in [0.717, 1.165) is 38.6 Å². The number of amides is 2. The summed E-state index contributed by atoms with van der Waals surface area (Å²) < 4.78 is 5.85. The van der Waals surface area contributed by atoms with Gasteiger partial charge >= 0.3 is 6.03 Å². The molecule has 138 valence electrons. The van der Waals surface area contributed by atoms with Gasteiger partial charge in [-0.15, -0.1) is 0 Å². The van der Waals surface area contributed by atoms with E-state index in [0.29, 0.717) is 6.04 Å². The maximum atomic E-state index is 12.8. The minimum atomic E-state index is 0.0659. The molecule has 2 heterocycles. The first-order chi connectivity index (χ1) is 11.6. The fourth-order valence-corrected chi connectivity index (χ4v) is 4.64. The molecule has 2 amide bonds. The van der Waals surface area contributed by atoms with Gasteiger partial charge in [-0.25, -0.2) is 4.79 Å². The Bertz CT molecular complexity index is 411. The van der Waals surface area contributed by atoms with E-state index >= 15 is 0 Å². The van der Waals surface area contributed by atoms with Gasteiger partial charge in [0.15, 0.2) is 0 Å². The van der Waals surface area contributed by atoms with Gasteiger partial charge in [0.25, 0.3) is 0 Å². The van der Waals surface area contributed by atoms with Crippen LogP contribution in [0, 0.1) is 5.92 Å². The molecule has 1 saturated carbocycles. The van der Waals surface area contributed by atoms with Crippen molar-refractivity contribution in [2.75, 3.05) is 33.3 Å². The fourth-order valence-electron chi connectivity index (χ4n) is 4.64. The molecule has 1 N–H and O–H groups in total. The van der Waals surface area contributed by atoms with Crippen LogP contribution in [0.1, 0.15) is 58.3 Å². The molecule has 3 aliphatic rings. The standard InChI is InChI=1S/C19H35N3O2/c1-15(18-14-21(2)11-12-24-18)20-19(23)22-10-6-9-17(22)13-16-7-4-3-5-8-16/h15-18H,3-14H2,1-2H3,(H,20,23)/t15-,17-,18-/m0/s1. The minimum Gasteiger partial charge on any atom is -0.373 e. The van der Waals surface area contributed by atoms with E-state index in [9.17, 15) is 4.79 Å². The second-order valence-corrected chi connectivity index (χ2v) is 8.14. The largest absolute Gasteiger partial charge is 0.373 e. The molecular weight excluding hydrogens is 302 g/mol. The van der Waals surface area contributed by atoms with Gasteiger partial charge in [0.1, 0.15) is 0 Å². The Kier molecular flexibility index (Phi) is 6.39. The third-order valence-corrected chi connectivity index (χ3v) is 6.17. The molecule has 3 rings (SSSR count). The summed E-state index contributed by atoms with van der Waals surface area (Å²) in [6.45, 7) is 5.63. The summed E-state index contributed by atoms with van der Waals surface area (Å²) in [5, 5.41) is 3.21. The van der Waals surface area contributed by atoms with E-state index in [2.05, 4.69) is 29.1 Å². The number of urea groups is 1. The summed E-state index contributed by atoms with van der Waals surface area (Å²) in [7, 11) is 2.12. The van der Waals surface area contributed by atoms with Gasteiger partial charge in [0, 0.05) is 25.7 Å². The predicted octanol–water partition coefficient (Wildman–Crippen LogP) is 2.85. The molecule has 2 aliphatic heterocycles. The molecule has 24 heavy (non-hydrogen) atoms. The average Bonchev–Trinajstić information content (AvgIpc) is 3.04. The van der Waals surface area contributed by atoms with Crippen LogP contribution in [0.5, 0.6) is 0 Å². The number of likely N-dealkylation sites (N-methyl/N-ethyl adjacent to an activating group) is 1. The molecular formula is C19H35N3O2. The summed E-state index contributed by atoms with van der Waals surface area (Å²) in [6.07, 6.45) is 10.5. The summed E-state index contributed by atoms with van der Waals surface area (Å²) in [5.41, 5.74) is 0. The molecule has 2 saturated heterocycles. The van der Waals surface area contributed by atoms with Crippen molar-refractivity contribution in [2.24, 2.45) is 5.92 Å². The van der Waals surface area contributed by atoms with Crippen molar-refractivity contribution >= 4 is 6.03 Å². The van der Waals surface area contributed by atoms with Crippen molar-refractivity contribution in [2.45, 2.75) is 76.5 Å². The van der Waals surface area contributed by atoms with Crippen molar-refractivity contribution in [1.29, 1.82) is 0 Å². The lowest BCUT2D eigenvalue weighted by molar-refractivity contribution is -0.0341. The number of rotatable bonds is 4. The van der Waals surface area contributed by atoms with Crippen LogP contribution >= 0.6 is 0 Å². The number of carbonyl (C=O) groups excluding carboxylic acids is 1. The van der Waals surface area contributed by atoms with Crippen molar-refractivity contribution in [3.05, 3.63) is 0 Å². The van der Waals surface area contributed by atoms with Gasteiger partial charge in [-0.1, -0.05) is 32.1 Å². The third-order valence-electron chi connectivity index (χ3n) is 6.17. The number of nitrogens with zero attached hydrogens (tertiary/aromatic N) is 2.